The highest BCUT2D eigenvalue weighted by Crippen LogP contribution is 2.37. The summed E-state index contributed by atoms with van der Waals surface area (Å²) in [4.78, 5) is 18.3. The number of nitrogen functional groups attached to an aromatic ring is 1. The molecule has 0 aliphatic carbocycles. The molecule has 7 heteroatoms. The van der Waals surface area contributed by atoms with Gasteiger partial charge in [-0.1, -0.05) is 35.3 Å². The Hall–Kier alpha value is -2.24. The fourth-order valence-electron chi connectivity index (χ4n) is 2.09. The first-order valence-electron chi connectivity index (χ1n) is 5.94. The number of anilines is 1. The number of benzene rings is 1. The van der Waals surface area contributed by atoms with Crippen molar-refractivity contribution in [2.75, 3.05) is 5.73 Å². The number of fused-ring (bicyclic) bond motifs is 1. The van der Waals surface area contributed by atoms with Crippen LogP contribution in [0.4, 0.5) is 5.69 Å². The molecule has 0 bridgehead atoms. The van der Waals surface area contributed by atoms with Gasteiger partial charge in [-0.3, -0.25) is 0 Å². The van der Waals surface area contributed by atoms with Gasteiger partial charge >= 0.3 is 5.97 Å². The predicted octanol–water partition coefficient (Wildman–Crippen LogP) is 3.82. The van der Waals surface area contributed by atoms with Crippen molar-refractivity contribution >= 4 is 45.8 Å². The summed E-state index contributed by atoms with van der Waals surface area (Å²) < 4.78 is 0. The number of pyridine rings is 1. The zero-order valence-corrected chi connectivity index (χ0v) is 12.0. The normalized spacial score (nSPS) is 11.0. The number of carbonyl (C=O) groups is 1. The van der Waals surface area contributed by atoms with Crippen LogP contribution in [0.5, 0.6) is 0 Å². The molecule has 0 aliphatic rings. The van der Waals surface area contributed by atoms with Gasteiger partial charge in [-0.25, -0.2) is 9.78 Å². The van der Waals surface area contributed by atoms with Crippen molar-refractivity contribution in [3.8, 4) is 11.3 Å². The summed E-state index contributed by atoms with van der Waals surface area (Å²) in [5.41, 5.74) is 7.29. The monoisotopic (exact) mass is 321 g/mol. The second-order valence-corrected chi connectivity index (χ2v) is 5.19. The first kappa shape index (κ1) is 13.7. The van der Waals surface area contributed by atoms with Crippen LogP contribution in [-0.4, -0.2) is 21.0 Å². The minimum Gasteiger partial charge on any atom is -0.476 e. The summed E-state index contributed by atoms with van der Waals surface area (Å²) in [5.74, 6) is -1.26. The number of aromatic nitrogens is 2. The Morgan fingerprint density at radius 2 is 2.00 bits per heavy atom. The van der Waals surface area contributed by atoms with Crippen molar-refractivity contribution in [3.63, 3.8) is 0 Å². The van der Waals surface area contributed by atoms with E-state index in [0.29, 0.717) is 5.56 Å². The van der Waals surface area contributed by atoms with Crippen molar-refractivity contribution in [3.05, 3.63) is 46.2 Å². The molecule has 4 N–H and O–H groups in total. The van der Waals surface area contributed by atoms with E-state index in [1.165, 1.54) is 0 Å². The van der Waals surface area contributed by atoms with E-state index in [2.05, 4.69) is 9.97 Å². The van der Waals surface area contributed by atoms with Gasteiger partial charge in [0.15, 0.2) is 5.69 Å². The Kier molecular flexibility index (Phi) is 3.23. The van der Waals surface area contributed by atoms with Gasteiger partial charge in [0.2, 0.25) is 0 Å². The van der Waals surface area contributed by atoms with Gasteiger partial charge in [0, 0.05) is 17.3 Å². The number of rotatable bonds is 2. The van der Waals surface area contributed by atoms with Gasteiger partial charge < -0.3 is 15.8 Å². The quantitative estimate of drug-likeness (QED) is 0.669. The predicted molar refractivity (Wildman–Crippen MR) is 82.9 cm³/mol. The number of nitrogens with zero attached hydrogens (tertiary/aromatic N) is 1. The number of carboxylic acids is 1. The van der Waals surface area contributed by atoms with Gasteiger partial charge in [0.25, 0.3) is 0 Å². The number of halogens is 2. The maximum atomic E-state index is 11.2. The molecule has 0 radical (unpaired) electrons. The summed E-state index contributed by atoms with van der Waals surface area (Å²) >= 11 is 12.0. The zero-order valence-electron chi connectivity index (χ0n) is 10.5. The Morgan fingerprint density at radius 3 is 2.71 bits per heavy atom. The number of nitrogens with two attached hydrogens (primary N) is 1. The molecule has 0 atom stereocenters. The Balaban J connectivity index is 2.28. The summed E-state index contributed by atoms with van der Waals surface area (Å²) in [5, 5.41) is 10.1. The second-order valence-electron chi connectivity index (χ2n) is 4.44. The van der Waals surface area contributed by atoms with Gasteiger partial charge in [-0.05, 0) is 17.5 Å². The summed E-state index contributed by atoms with van der Waals surface area (Å²) in [6, 6.07) is 7.42. The number of hydrogen-bond acceptors (Lipinski definition) is 3. The Labute approximate surface area is 129 Å². The lowest BCUT2D eigenvalue weighted by Gasteiger charge is -2.10. The van der Waals surface area contributed by atoms with Crippen LogP contribution in [0, 0.1) is 0 Å². The number of carboxylic acid groups (broad SMARTS) is 1. The van der Waals surface area contributed by atoms with E-state index in [4.69, 9.17) is 34.0 Å². The highest BCUT2D eigenvalue weighted by Gasteiger charge is 2.20. The largest absolute Gasteiger partial charge is 0.476 e. The molecular weight excluding hydrogens is 313 g/mol. The van der Waals surface area contributed by atoms with Gasteiger partial charge in [0.1, 0.15) is 0 Å². The van der Waals surface area contributed by atoms with E-state index in [9.17, 15) is 4.79 Å². The number of hydrogen-bond donors (Lipinski definition) is 3. The third-order valence-corrected chi connectivity index (χ3v) is 3.91. The first-order valence-corrected chi connectivity index (χ1v) is 6.70. The van der Waals surface area contributed by atoms with Crippen LogP contribution < -0.4 is 5.73 Å². The van der Waals surface area contributed by atoms with E-state index in [-0.39, 0.29) is 27.1 Å². The second kappa shape index (κ2) is 4.95. The van der Waals surface area contributed by atoms with Gasteiger partial charge in [-0.15, -0.1) is 0 Å². The topological polar surface area (TPSA) is 92.0 Å². The molecule has 0 unspecified atom stereocenters. The third-order valence-electron chi connectivity index (χ3n) is 3.14. The van der Waals surface area contributed by atoms with Crippen LogP contribution in [-0.2, 0) is 0 Å². The third kappa shape index (κ3) is 2.20. The van der Waals surface area contributed by atoms with Gasteiger partial charge in [0.05, 0.1) is 21.4 Å². The molecule has 2 heterocycles. The molecule has 1 aromatic carbocycles. The van der Waals surface area contributed by atoms with E-state index < -0.39 is 5.97 Å². The van der Waals surface area contributed by atoms with Crippen molar-refractivity contribution in [1.29, 1.82) is 0 Å². The molecule has 3 rings (SSSR count). The van der Waals surface area contributed by atoms with Gasteiger partial charge in [-0.2, -0.15) is 0 Å². The molecule has 0 saturated carbocycles. The standard InChI is InChI=1S/C14H9Cl2N3O2/c15-9-11(17)10(16)13(14(20)21)19-12(9)7-2-1-6-3-4-18-8(6)5-7/h1-5,18H,(H2,17,19)(H,20,21). The number of nitrogens with one attached hydrogen (secondary N) is 1. The van der Waals surface area contributed by atoms with Crippen molar-refractivity contribution in [1.82, 2.24) is 9.97 Å². The molecule has 0 saturated heterocycles. The highest BCUT2D eigenvalue weighted by atomic mass is 35.5. The highest BCUT2D eigenvalue weighted by molar-refractivity contribution is 6.41. The molecule has 0 aliphatic heterocycles. The van der Waals surface area contributed by atoms with Crippen LogP contribution >= 0.6 is 23.2 Å². The molecule has 0 fully saturated rings. The minimum atomic E-state index is -1.26. The molecule has 21 heavy (non-hydrogen) atoms. The van der Waals surface area contributed by atoms with E-state index in [0.717, 1.165) is 10.9 Å². The molecule has 0 spiro atoms. The fraction of sp³-hybridized carbons (Fsp3) is 0. The van der Waals surface area contributed by atoms with Crippen molar-refractivity contribution in [2.24, 2.45) is 0 Å². The fourth-order valence-corrected chi connectivity index (χ4v) is 2.60. The van der Waals surface area contributed by atoms with Crippen LogP contribution in [0.1, 0.15) is 10.5 Å². The molecule has 5 nitrogen and oxygen atoms in total. The molecule has 2 aromatic heterocycles. The van der Waals surface area contributed by atoms with E-state index in [1.807, 2.05) is 24.4 Å². The molecule has 3 aromatic rings. The van der Waals surface area contributed by atoms with Crippen LogP contribution in [0.2, 0.25) is 10.0 Å². The minimum absolute atomic E-state index is 0.00677. The number of H-pyrrole nitrogens is 1. The molecule has 0 amide bonds. The van der Waals surface area contributed by atoms with E-state index >= 15 is 0 Å². The lowest BCUT2D eigenvalue weighted by atomic mass is 10.1. The lowest BCUT2D eigenvalue weighted by Crippen LogP contribution is -2.06. The molecular formula is C14H9Cl2N3O2. The molecule has 106 valence electrons. The average molecular weight is 322 g/mol. The first-order chi connectivity index (χ1) is 9.99. The number of aromatic amines is 1. The van der Waals surface area contributed by atoms with Crippen LogP contribution in [0.3, 0.4) is 0 Å². The van der Waals surface area contributed by atoms with E-state index in [1.54, 1.807) is 6.07 Å². The maximum Gasteiger partial charge on any atom is 0.356 e. The maximum absolute atomic E-state index is 11.2. The summed E-state index contributed by atoms with van der Waals surface area (Å²) in [6.07, 6.45) is 1.81. The van der Waals surface area contributed by atoms with Crippen molar-refractivity contribution in [2.45, 2.75) is 0 Å². The summed E-state index contributed by atoms with van der Waals surface area (Å²) in [7, 11) is 0. The average Bonchev–Trinajstić information content (AvgIpc) is 2.92. The Bertz CT molecular complexity index is 874. The van der Waals surface area contributed by atoms with Crippen molar-refractivity contribution < 1.29 is 9.90 Å². The Morgan fingerprint density at radius 1 is 1.24 bits per heavy atom. The smallest absolute Gasteiger partial charge is 0.356 e. The summed E-state index contributed by atoms with van der Waals surface area (Å²) in [6.45, 7) is 0. The SMILES string of the molecule is Nc1c(Cl)c(C(=O)O)nc(-c2ccc3cc[nH]c3c2)c1Cl. The lowest BCUT2D eigenvalue weighted by molar-refractivity contribution is 0.0691. The van der Waals surface area contributed by atoms with Crippen LogP contribution in [0.25, 0.3) is 22.2 Å². The number of aromatic carboxylic acids is 1. The zero-order chi connectivity index (χ0) is 15.1. The van der Waals surface area contributed by atoms with Crippen LogP contribution in [0.15, 0.2) is 30.5 Å².